The van der Waals surface area contributed by atoms with Crippen molar-refractivity contribution in [3.05, 3.63) is 53.3 Å². The molecule has 0 aliphatic carbocycles. The monoisotopic (exact) mass is 314 g/mol. The minimum absolute atomic E-state index is 0.230. The van der Waals surface area contributed by atoms with Crippen LogP contribution in [0.25, 0.3) is 11.1 Å². The average Bonchev–Trinajstić information content (AvgIpc) is 2.91. The van der Waals surface area contributed by atoms with E-state index in [2.05, 4.69) is 10.3 Å². The number of hydrogen-bond donors (Lipinski definition) is 2. The number of aryl methyl sites for hydroxylation is 1. The number of carboxylic acids is 1. The molecule has 3 aromatic rings. The number of fused-ring (bicyclic) bond motifs is 1. The second-order valence-corrected chi connectivity index (χ2v) is 5.39. The lowest BCUT2D eigenvalue weighted by Crippen LogP contribution is -2.06. The number of hydrogen-bond acceptors (Lipinski definition) is 4. The minimum atomic E-state index is -0.905. The molecular weight excluding hydrogens is 299 g/mol. The molecule has 0 fully saturated rings. The molecule has 0 aliphatic rings. The van der Waals surface area contributed by atoms with Crippen molar-refractivity contribution in [3.8, 4) is 0 Å². The summed E-state index contributed by atoms with van der Waals surface area (Å²) in [5.41, 5.74) is 3.13. The first-order valence-corrected chi connectivity index (χ1v) is 7.10. The van der Waals surface area contributed by atoms with Crippen molar-refractivity contribution < 1.29 is 18.7 Å². The zero-order valence-electron chi connectivity index (χ0n) is 12.6. The number of aliphatic carboxylic acids is 1. The van der Waals surface area contributed by atoms with E-state index in [0.29, 0.717) is 22.4 Å². The molecule has 23 heavy (non-hydrogen) atoms. The van der Waals surface area contributed by atoms with E-state index in [4.69, 9.17) is 9.52 Å². The Morgan fingerprint density at radius 2 is 2.09 bits per heavy atom. The predicted molar refractivity (Wildman–Crippen MR) is 84.5 cm³/mol. The van der Waals surface area contributed by atoms with E-state index in [1.54, 1.807) is 31.2 Å². The van der Waals surface area contributed by atoms with E-state index >= 15 is 0 Å². The van der Waals surface area contributed by atoms with Crippen molar-refractivity contribution in [2.24, 2.45) is 0 Å². The Morgan fingerprint density at radius 1 is 1.30 bits per heavy atom. The van der Waals surface area contributed by atoms with Crippen LogP contribution in [0, 0.1) is 12.7 Å². The fourth-order valence-corrected chi connectivity index (χ4v) is 2.25. The van der Waals surface area contributed by atoms with Crippen molar-refractivity contribution in [2.45, 2.75) is 19.8 Å². The molecule has 1 atom stereocenters. The Morgan fingerprint density at radius 3 is 2.83 bits per heavy atom. The molecule has 6 heteroatoms. The number of halogens is 1. The number of oxazole rings is 1. The lowest BCUT2D eigenvalue weighted by atomic mass is 10.0. The van der Waals surface area contributed by atoms with Gasteiger partial charge < -0.3 is 14.8 Å². The van der Waals surface area contributed by atoms with Crippen molar-refractivity contribution in [2.75, 3.05) is 5.32 Å². The molecule has 0 saturated carbocycles. The van der Waals surface area contributed by atoms with E-state index < -0.39 is 11.9 Å². The molecule has 1 heterocycles. The van der Waals surface area contributed by atoms with Gasteiger partial charge >= 0.3 is 5.97 Å². The quantitative estimate of drug-likeness (QED) is 0.754. The van der Waals surface area contributed by atoms with E-state index in [1.165, 1.54) is 12.1 Å². The second kappa shape index (κ2) is 5.72. The van der Waals surface area contributed by atoms with Crippen LogP contribution in [-0.4, -0.2) is 16.1 Å². The fourth-order valence-electron chi connectivity index (χ4n) is 2.25. The zero-order chi connectivity index (χ0) is 16.6. The van der Waals surface area contributed by atoms with Gasteiger partial charge in [-0.15, -0.1) is 0 Å². The zero-order valence-corrected chi connectivity index (χ0v) is 12.6. The van der Waals surface area contributed by atoms with E-state index in [1.807, 2.05) is 6.92 Å². The Kier molecular flexibility index (Phi) is 3.73. The highest BCUT2D eigenvalue weighted by Crippen LogP contribution is 2.27. The number of aromatic nitrogens is 1. The Bertz CT molecular complexity index is 889. The number of benzene rings is 2. The summed E-state index contributed by atoms with van der Waals surface area (Å²) in [6.45, 7) is 3.45. The highest BCUT2D eigenvalue weighted by molar-refractivity contribution is 5.80. The molecule has 0 amide bonds. The third kappa shape index (κ3) is 3.01. The van der Waals surface area contributed by atoms with E-state index in [-0.39, 0.29) is 11.8 Å². The largest absolute Gasteiger partial charge is 0.481 e. The molecule has 0 saturated heterocycles. The molecule has 5 nitrogen and oxygen atoms in total. The van der Waals surface area contributed by atoms with Crippen LogP contribution < -0.4 is 5.32 Å². The molecule has 1 unspecified atom stereocenters. The van der Waals surface area contributed by atoms with Crippen LogP contribution in [0.4, 0.5) is 16.1 Å². The molecule has 118 valence electrons. The van der Waals surface area contributed by atoms with Crippen LogP contribution in [0.3, 0.4) is 0 Å². The summed E-state index contributed by atoms with van der Waals surface area (Å²) in [5.74, 6) is -1.89. The Balaban J connectivity index is 1.94. The Labute approximate surface area is 131 Å². The summed E-state index contributed by atoms with van der Waals surface area (Å²) in [6.07, 6.45) is 0. The molecule has 0 bridgehead atoms. The number of anilines is 2. The molecule has 0 aliphatic heterocycles. The fraction of sp³-hybridized carbons (Fsp3) is 0.176. The van der Waals surface area contributed by atoms with Gasteiger partial charge in [0.05, 0.1) is 5.92 Å². The van der Waals surface area contributed by atoms with Crippen LogP contribution in [0.15, 0.2) is 40.8 Å². The summed E-state index contributed by atoms with van der Waals surface area (Å²) in [6, 6.07) is 9.71. The van der Waals surface area contributed by atoms with E-state index in [0.717, 1.165) is 5.56 Å². The lowest BCUT2D eigenvalue weighted by molar-refractivity contribution is -0.138. The first-order valence-electron chi connectivity index (χ1n) is 7.10. The summed E-state index contributed by atoms with van der Waals surface area (Å²) in [7, 11) is 0. The maximum Gasteiger partial charge on any atom is 0.310 e. The van der Waals surface area contributed by atoms with Gasteiger partial charge in [0.25, 0.3) is 6.01 Å². The first-order chi connectivity index (χ1) is 10.9. The summed E-state index contributed by atoms with van der Waals surface area (Å²) < 4.78 is 18.9. The van der Waals surface area contributed by atoms with Crippen LogP contribution in [0.5, 0.6) is 0 Å². The second-order valence-electron chi connectivity index (χ2n) is 5.39. The minimum Gasteiger partial charge on any atom is -0.481 e. The number of nitrogens with one attached hydrogen (secondary N) is 1. The summed E-state index contributed by atoms with van der Waals surface area (Å²) >= 11 is 0. The van der Waals surface area contributed by atoms with Crippen molar-refractivity contribution >= 4 is 28.8 Å². The van der Waals surface area contributed by atoms with Gasteiger partial charge in [0.2, 0.25) is 0 Å². The third-order valence-electron chi connectivity index (χ3n) is 3.72. The van der Waals surface area contributed by atoms with E-state index in [9.17, 15) is 9.18 Å². The van der Waals surface area contributed by atoms with Gasteiger partial charge in [0.1, 0.15) is 11.3 Å². The number of carbonyl (C=O) groups is 1. The average molecular weight is 314 g/mol. The SMILES string of the molecule is Cc1ccc(F)cc1Nc1nc2ccc(C(C)C(=O)O)cc2o1. The summed E-state index contributed by atoms with van der Waals surface area (Å²) in [4.78, 5) is 15.3. The third-order valence-corrected chi connectivity index (χ3v) is 3.72. The number of rotatable bonds is 4. The molecule has 3 rings (SSSR count). The summed E-state index contributed by atoms with van der Waals surface area (Å²) in [5, 5.41) is 12.0. The van der Waals surface area contributed by atoms with Gasteiger partial charge in [-0.05, 0) is 49.2 Å². The number of carboxylic acid groups (broad SMARTS) is 1. The van der Waals surface area contributed by atoms with Gasteiger partial charge in [-0.2, -0.15) is 4.98 Å². The van der Waals surface area contributed by atoms with Crippen LogP contribution >= 0.6 is 0 Å². The highest BCUT2D eigenvalue weighted by atomic mass is 19.1. The molecule has 2 N–H and O–H groups in total. The maximum atomic E-state index is 13.3. The van der Waals surface area contributed by atoms with Crippen molar-refractivity contribution in [1.29, 1.82) is 0 Å². The van der Waals surface area contributed by atoms with Crippen LogP contribution in [0.2, 0.25) is 0 Å². The molecular formula is C17H15FN2O3. The normalized spacial score (nSPS) is 12.3. The molecule has 0 spiro atoms. The number of nitrogens with zero attached hydrogens (tertiary/aromatic N) is 1. The smallest absolute Gasteiger partial charge is 0.310 e. The highest BCUT2D eigenvalue weighted by Gasteiger charge is 2.16. The standard InChI is InChI=1S/C17H15FN2O3/c1-9-3-5-12(18)8-14(9)20-17-19-13-6-4-11(7-15(13)23-17)10(2)16(21)22/h3-8,10H,1-2H3,(H,19,20)(H,21,22). The maximum absolute atomic E-state index is 13.3. The predicted octanol–water partition coefficient (Wildman–Crippen LogP) is 4.21. The van der Waals surface area contributed by atoms with Crippen molar-refractivity contribution in [3.63, 3.8) is 0 Å². The van der Waals surface area contributed by atoms with Gasteiger partial charge in [-0.3, -0.25) is 4.79 Å². The van der Waals surface area contributed by atoms with Crippen LogP contribution in [0.1, 0.15) is 24.0 Å². The van der Waals surface area contributed by atoms with Gasteiger partial charge in [-0.1, -0.05) is 12.1 Å². The molecule has 0 radical (unpaired) electrons. The van der Waals surface area contributed by atoms with Gasteiger partial charge in [0.15, 0.2) is 5.58 Å². The van der Waals surface area contributed by atoms with Crippen molar-refractivity contribution in [1.82, 2.24) is 4.98 Å². The van der Waals surface area contributed by atoms with Gasteiger partial charge in [0, 0.05) is 5.69 Å². The Hall–Kier alpha value is -2.89. The van der Waals surface area contributed by atoms with Gasteiger partial charge in [-0.25, -0.2) is 4.39 Å². The molecule has 2 aromatic carbocycles. The van der Waals surface area contributed by atoms with Crippen LogP contribution in [-0.2, 0) is 4.79 Å². The lowest BCUT2D eigenvalue weighted by Gasteiger charge is -2.05. The molecule has 1 aromatic heterocycles. The topological polar surface area (TPSA) is 75.4 Å². The first kappa shape index (κ1) is 15.0.